The first-order chi connectivity index (χ1) is 12.8. The van der Waals surface area contributed by atoms with Crippen LogP contribution in [0.25, 0.3) is 16.9 Å². The average Bonchev–Trinajstić information content (AvgIpc) is 3.25. The van der Waals surface area contributed by atoms with Crippen LogP contribution in [-0.4, -0.2) is 20.5 Å². The smallest absolute Gasteiger partial charge is 0.251 e. The van der Waals surface area contributed by atoms with Crippen LogP contribution in [0.2, 0.25) is 0 Å². The number of fused-ring (bicyclic) bond motifs is 2. The summed E-state index contributed by atoms with van der Waals surface area (Å²) in [5.74, 6) is 0.501. The number of hydrogen-bond donors (Lipinski definition) is 2. The summed E-state index contributed by atoms with van der Waals surface area (Å²) in [4.78, 5) is 16.5. The maximum atomic E-state index is 12.0. The zero-order chi connectivity index (χ0) is 17.5. The maximum Gasteiger partial charge on any atom is 0.251 e. The van der Waals surface area contributed by atoms with Gasteiger partial charge in [0.15, 0.2) is 5.65 Å². The zero-order valence-electron chi connectivity index (χ0n) is 13.8. The number of amides is 1. The van der Waals surface area contributed by atoms with E-state index in [9.17, 15) is 4.79 Å². The molecule has 1 amide bonds. The van der Waals surface area contributed by atoms with Crippen molar-refractivity contribution >= 4 is 23.2 Å². The van der Waals surface area contributed by atoms with Crippen LogP contribution < -0.4 is 10.6 Å². The summed E-state index contributed by atoms with van der Waals surface area (Å²) in [5.41, 5.74) is 5.24. The Labute approximate surface area is 149 Å². The highest BCUT2D eigenvalue weighted by molar-refractivity contribution is 5.99. The number of para-hydroxylation sites is 1. The number of rotatable bonds is 3. The monoisotopic (exact) mass is 341 g/mol. The van der Waals surface area contributed by atoms with Gasteiger partial charge in [-0.2, -0.15) is 4.98 Å². The van der Waals surface area contributed by atoms with Crippen molar-refractivity contribution in [3.05, 3.63) is 77.9 Å². The predicted octanol–water partition coefficient (Wildman–Crippen LogP) is 3.38. The first-order valence-corrected chi connectivity index (χ1v) is 8.37. The number of pyridine rings is 1. The Morgan fingerprint density at radius 3 is 2.77 bits per heavy atom. The third-order valence-corrected chi connectivity index (χ3v) is 4.48. The Morgan fingerprint density at radius 1 is 1.00 bits per heavy atom. The van der Waals surface area contributed by atoms with Crippen molar-refractivity contribution < 1.29 is 4.79 Å². The minimum absolute atomic E-state index is 0.0287. The molecule has 6 heteroatoms. The van der Waals surface area contributed by atoms with E-state index >= 15 is 0 Å². The fourth-order valence-corrected chi connectivity index (χ4v) is 3.20. The minimum atomic E-state index is -0.0287. The standard InChI is InChI=1S/C20H15N5O/c26-19-16-11-13(9-10-14(16)12-21-19)17-7-4-8-18-23-20(24-25(17)18)22-15-5-2-1-3-6-15/h1-11H,12H2,(H,21,26)(H,22,24). The number of carbonyl (C=O) groups excluding carboxylic acids is 1. The lowest BCUT2D eigenvalue weighted by molar-refractivity contribution is 0.0966. The highest BCUT2D eigenvalue weighted by Gasteiger charge is 2.20. The van der Waals surface area contributed by atoms with Crippen molar-refractivity contribution in [2.24, 2.45) is 0 Å². The third kappa shape index (κ3) is 2.39. The largest absolute Gasteiger partial charge is 0.348 e. The SMILES string of the molecule is O=C1NCc2ccc(-c3cccc4nc(Nc5ccccc5)nn34)cc21. The van der Waals surface area contributed by atoms with Crippen LogP contribution in [-0.2, 0) is 6.54 Å². The van der Waals surface area contributed by atoms with Gasteiger partial charge in [0.25, 0.3) is 5.91 Å². The van der Waals surface area contributed by atoms with Gasteiger partial charge in [0.1, 0.15) is 0 Å². The van der Waals surface area contributed by atoms with Crippen LogP contribution in [0.3, 0.4) is 0 Å². The molecule has 4 aromatic rings. The minimum Gasteiger partial charge on any atom is -0.348 e. The Hall–Kier alpha value is -3.67. The Bertz CT molecular complexity index is 1130. The van der Waals surface area contributed by atoms with Crippen molar-refractivity contribution in [1.82, 2.24) is 19.9 Å². The normalized spacial score (nSPS) is 12.8. The van der Waals surface area contributed by atoms with Gasteiger partial charge >= 0.3 is 0 Å². The van der Waals surface area contributed by atoms with Crippen molar-refractivity contribution in [3.8, 4) is 11.3 Å². The number of aromatic nitrogens is 3. The van der Waals surface area contributed by atoms with Gasteiger partial charge < -0.3 is 10.6 Å². The number of carbonyl (C=O) groups is 1. The van der Waals surface area contributed by atoms with Crippen LogP contribution >= 0.6 is 0 Å². The molecule has 0 bridgehead atoms. The fraction of sp³-hybridized carbons (Fsp3) is 0.0500. The summed E-state index contributed by atoms with van der Waals surface area (Å²) in [7, 11) is 0. The molecule has 2 N–H and O–H groups in total. The van der Waals surface area contributed by atoms with Gasteiger partial charge in [0.2, 0.25) is 5.95 Å². The number of hydrogen-bond acceptors (Lipinski definition) is 4. The van der Waals surface area contributed by atoms with E-state index in [2.05, 4.69) is 20.7 Å². The van der Waals surface area contributed by atoms with E-state index in [-0.39, 0.29) is 5.91 Å². The van der Waals surface area contributed by atoms with Crippen molar-refractivity contribution in [2.75, 3.05) is 5.32 Å². The molecule has 2 aromatic heterocycles. The van der Waals surface area contributed by atoms with Crippen LogP contribution in [0.5, 0.6) is 0 Å². The van der Waals surface area contributed by atoms with E-state index in [1.54, 1.807) is 4.52 Å². The molecule has 3 heterocycles. The van der Waals surface area contributed by atoms with E-state index in [1.165, 1.54) is 0 Å². The number of nitrogens with zero attached hydrogens (tertiary/aromatic N) is 3. The summed E-state index contributed by atoms with van der Waals surface area (Å²) < 4.78 is 1.79. The summed E-state index contributed by atoms with van der Waals surface area (Å²) in [6, 6.07) is 21.5. The first kappa shape index (κ1) is 14.7. The van der Waals surface area contributed by atoms with Crippen LogP contribution in [0.15, 0.2) is 66.7 Å². The molecule has 26 heavy (non-hydrogen) atoms. The lowest BCUT2D eigenvalue weighted by Gasteiger charge is -2.06. The van der Waals surface area contributed by atoms with Crippen LogP contribution in [0, 0.1) is 0 Å². The molecule has 1 aliphatic rings. The molecule has 0 fully saturated rings. The Kier molecular flexibility index (Phi) is 3.21. The predicted molar refractivity (Wildman–Crippen MR) is 99.3 cm³/mol. The van der Waals surface area contributed by atoms with Crippen molar-refractivity contribution in [3.63, 3.8) is 0 Å². The topological polar surface area (TPSA) is 71.3 Å². The lowest BCUT2D eigenvalue weighted by Crippen LogP contribution is -2.12. The summed E-state index contributed by atoms with van der Waals surface area (Å²) in [6.07, 6.45) is 0. The third-order valence-electron chi connectivity index (χ3n) is 4.48. The quantitative estimate of drug-likeness (QED) is 0.599. The number of anilines is 2. The van der Waals surface area contributed by atoms with Gasteiger partial charge in [-0.05, 0) is 35.9 Å². The summed E-state index contributed by atoms with van der Waals surface area (Å²) in [5, 5.41) is 10.7. The lowest BCUT2D eigenvalue weighted by atomic mass is 10.0. The van der Waals surface area contributed by atoms with E-state index < -0.39 is 0 Å². The summed E-state index contributed by atoms with van der Waals surface area (Å²) in [6.45, 7) is 0.590. The van der Waals surface area contributed by atoms with Gasteiger partial charge in [-0.15, -0.1) is 5.10 Å². The molecule has 2 aromatic carbocycles. The van der Waals surface area contributed by atoms with Crippen molar-refractivity contribution in [2.45, 2.75) is 6.54 Å². The van der Waals surface area contributed by atoms with Crippen molar-refractivity contribution in [1.29, 1.82) is 0 Å². The number of benzene rings is 2. The van der Waals surface area contributed by atoms with E-state index in [0.29, 0.717) is 12.5 Å². The second-order valence-corrected chi connectivity index (χ2v) is 6.16. The van der Waals surface area contributed by atoms with Crippen LogP contribution in [0.1, 0.15) is 15.9 Å². The molecule has 0 saturated heterocycles. The van der Waals surface area contributed by atoms with Gasteiger partial charge in [0.05, 0.1) is 5.69 Å². The first-order valence-electron chi connectivity index (χ1n) is 8.37. The molecule has 5 rings (SSSR count). The van der Waals surface area contributed by atoms with Gasteiger partial charge in [-0.25, -0.2) is 4.52 Å². The fourth-order valence-electron chi connectivity index (χ4n) is 3.20. The Morgan fingerprint density at radius 2 is 1.88 bits per heavy atom. The molecular formula is C20H15N5O. The average molecular weight is 341 g/mol. The molecule has 0 radical (unpaired) electrons. The molecule has 0 spiro atoms. The molecule has 1 aliphatic heterocycles. The molecule has 0 saturated carbocycles. The molecule has 0 atom stereocenters. The van der Waals surface area contributed by atoms with Gasteiger partial charge in [-0.1, -0.05) is 36.4 Å². The second-order valence-electron chi connectivity index (χ2n) is 6.16. The van der Waals surface area contributed by atoms with Gasteiger partial charge in [-0.3, -0.25) is 4.79 Å². The van der Waals surface area contributed by atoms with E-state index in [4.69, 9.17) is 0 Å². The number of nitrogens with one attached hydrogen (secondary N) is 2. The molecule has 0 unspecified atom stereocenters. The Balaban J connectivity index is 1.58. The van der Waals surface area contributed by atoms with Gasteiger partial charge in [0, 0.05) is 23.4 Å². The maximum absolute atomic E-state index is 12.0. The van der Waals surface area contributed by atoms with E-state index in [1.807, 2.05) is 66.7 Å². The van der Waals surface area contributed by atoms with E-state index in [0.717, 1.165) is 33.7 Å². The highest BCUT2D eigenvalue weighted by atomic mass is 16.1. The molecular weight excluding hydrogens is 326 g/mol. The summed E-state index contributed by atoms with van der Waals surface area (Å²) >= 11 is 0. The highest BCUT2D eigenvalue weighted by Crippen LogP contribution is 2.26. The van der Waals surface area contributed by atoms with Crippen LogP contribution in [0.4, 0.5) is 11.6 Å². The zero-order valence-corrected chi connectivity index (χ0v) is 13.8. The molecule has 126 valence electrons. The molecule has 6 nitrogen and oxygen atoms in total. The second kappa shape index (κ2) is 5.70. The molecule has 0 aliphatic carbocycles.